The van der Waals surface area contributed by atoms with Gasteiger partial charge in [0.05, 0.1) is 10.2 Å². The average Bonchev–Trinajstić information content (AvgIpc) is 2.29. The first-order valence-electron chi connectivity index (χ1n) is 3.49. The molecule has 0 aliphatic heterocycles. The zero-order valence-corrected chi connectivity index (χ0v) is 8.87. The number of aryl methyl sites for hydroxylation is 1. The Bertz CT molecular complexity index is 436. The van der Waals surface area contributed by atoms with Crippen LogP contribution in [0.2, 0.25) is 0 Å². The molecule has 4 heteroatoms. The van der Waals surface area contributed by atoms with Crippen LogP contribution in [0.5, 0.6) is 0 Å². The van der Waals surface area contributed by atoms with E-state index in [1.807, 2.05) is 13.0 Å². The van der Waals surface area contributed by atoms with Gasteiger partial charge in [-0.3, -0.25) is 0 Å². The Hall–Kier alpha value is -0.610. The number of rotatable bonds is 0. The number of benzene rings is 1. The lowest BCUT2D eigenvalue weighted by molar-refractivity contribution is 1.44. The molecule has 12 heavy (non-hydrogen) atoms. The van der Waals surface area contributed by atoms with E-state index < -0.39 is 0 Å². The number of nitrogens with two attached hydrogens (primary N) is 1. The second-order valence-electron chi connectivity index (χ2n) is 2.65. The molecule has 2 aromatic rings. The number of fused-ring (bicyclic) bond motifs is 1. The Morgan fingerprint density at radius 3 is 3.00 bits per heavy atom. The van der Waals surface area contributed by atoms with Crippen molar-refractivity contribution in [3.05, 3.63) is 22.2 Å². The van der Waals surface area contributed by atoms with Crippen molar-refractivity contribution in [3.63, 3.8) is 0 Å². The van der Waals surface area contributed by atoms with Gasteiger partial charge in [-0.2, -0.15) is 0 Å². The molecular weight excluding hydrogens is 236 g/mol. The third-order valence-corrected chi connectivity index (χ3v) is 3.43. The molecule has 0 unspecified atom stereocenters. The topological polar surface area (TPSA) is 38.9 Å². The summed E-state index contributed by atoms with van der Waals surface area (Å²) in [6.07, 6.45) is 0. The molecule has 0 amide bonds. The molecule has 2 nitrogen and oxygen atoms in total. The summed E-state index contributed by atoms with van der Waals surface area (Å²) >= 11 is 4.98. The number of nitrogen functional groups attached to an aromatic ring is 1. The maximum Gasteiger partial charge on any atom is 0.181 e. The van der Waals surface area contributed by atoms with Gasteiger partial charge in [0, 0.05) is 4.47 Å². The molecule has 0 aliphatic rings. The summed E-state index contributed by atoms with van der Waals surface area (Å²) in [4.78, 5) is 4.20. The van der Waals surface area contributed by atoms with Gasteiger partial charge in [-0.1, -0.05) is 11.3 Å². The second-order valence-corrected chi connectivity index (χ2v) is 4.53. The Morgan fingerprint density at radius 1 is 1.50 bits per heavy atom. The fourth-order valence-corrected chi connectivity index (χ4v) is 2.67. The summed E-state index contributed by atoms with van der Waals surface area (Å²) in [7, 11) is 0. The van der Waals surface area contributed by atoms with Crippen molar-refractivity contribution in [1.29, 1.82) is 0 Å². The van der Waals surface area contributed by atoms with E-state index in [0.717, 1.165) is 14.7 Å². The lowest BCUT2D eigenvalue weighted by Gasteiger charge is -1.94. The molecular formula is C8H7BrN2S. The molecule has 0 saturated carbocycles. The number of thiazole rings is 1. The van der Waals surface area contributed by atoms with Crippen LogP contribution in [0.25, 0.3) is 10.2 Å². The lowest BCUT2D eigenvalue weighted by Crippen LogP contribution is -1.79. The Kier molecular flexibility index (Phi) is 1.81. The van der Waals surface area contributed by atoms with Crippen molar-refractivity contribution in [1.82, 2.24) is 4.98 Å². The number of aromatic nitrogens is 1. The molecule has 0 spiro atoms. The third kappa shape index (κ3) is 1.21. The van der Waals surface area contributed by atoms with Crippen LogP contribution >= 0.6 is 27.3 Å². The van der Waals surface area contributed by atoms with E-state index in [-0.39, 0.29) is 0 Å². The van der Waals surface area contributed by atoms with Crippen LogP contribution in [0.15, 0.2) is 16.6 Å². The second kappa shape index (κ2) is 2.71. The van der Waals surface area contributed by atoms with Crippen molar-refractivity contribution < 1.29 is 0 Å². The van der Waals surface area contributed by atoms with Gasteiger partial charge in [0.25, 0.3) is 0 Å². The Labute approximate surface area is 82.5 Å². The molecule has 2 N–H and O–H groups in total. The predicted molar refractivity (Wildman–Crippen MR) is 56.5 cm³/mol. The first kappa shape index (κ1) is 8.01. The molecule has 0 radical (unpaired) electrons. The van der Waals surface area contributed by atoms with E-state index in [4.69, 9.17) is 5.73 Å². The fourth-order valence-electron chi connectivity index (χ4n) is 1.14. The van der Waals surface area contributed by atoms with E-state index in [1.54, 1.807) is 0 Å². The maximum atomic E-state index is 5.60. The quantitative estimate of drug-likeness (QED) is 0.772. The van der Waals surface area contributed by atoms with Crippen LogP contribution in [0.1, 0.15) is 5.56 Å². The Balaban J connectivity index is 2.88. The van der Waals surface area contributed by atoms with Gasteiger partial charge in [-0.05, 0) is 40.5 Å². The van der Waals surface area contributed by atoms with Crippen molar-refractivity contribution in [2.45, 2.75) is 6.92 Å². The normalized spacial score (nSPS) is 10.8. The van der Waals surface area contributed by atoms with Crippen LogP contribution in [0.4, 0.5) is 5.13 Å². The minimum Gasteiger partial charge on any atom is -0.375 e. The van der Waals surface area contributed by atoms with Gasteiger partial charge < -0.3 is 5.73 Å². The monoisotopic (exact) mass is 242 g/mol. The van der Waals surface area contributed by atoms with Crippen LogP contribution in [0.3, 0.4) is 0 Å². The number of nitrogens with zero attached hydrogens (tertiary/aromatic N) is 1. The van der Waals surface area contributed by atoms with Crippen molar-refractivity contribution in [3.8, 4) is 0 Å². The molecule has 0 saturated heterocycles. The van der Waals surface area contributed by atoms with Crippen molar-refractivity contribution >= 4 is 42.6 Å². The van der Waals surface area contributed by atoms with Crippen LogP contribution in [-0.2, 0) is 0 Å². The summed E-state index contributed by atoms with van der Waals surface area (Å²) in [6.45, 7) is 2.04. The number of hydrogen-bond donors (Lipinski definition) is 1. The summed E-state index contributed by atoms with van der Waals surface area (Å²) < 4.78 is 2.20. The van der Waals surface area contributed by atoms with E-state index in [9.17, 15) is 0 Å². The molecule has 1 heterocycles. The first-order valence-corrected chi connectivity index (χ1v) is 5.10. The summed E-state index contributed by atoms with van der Waals surface area (Å²) in [5.74, 6) is 0. The van der Waals surface area contributed by atoms with Crippen molar-refractivity contribution in [2.24, 2.45) is 0 Å². The first-order chi connectivity index (χ1) is 5.66. The Morgan fingerprint density at radius 2 is 2.25 bits per heavy atom. The summed E-state index contributed by atoms with van der Waals surface area (Å²) in [6, 6.07) is 4.10. The fraction of sp³-hybridized carbons (Fsp3) is 0.125. The highest BCUT2D eigenvalue weighted by Crippen LogP contribution is 2.31. The summed E-state index contributed by atoms with van der Waals surface area (Å²) in [5.41, 5.74) is 7.77. The molecule has 1 aromatic heterocycles. The van der Waals surface area contributed by atoms with Crippen LogP contribution in [-0.4, -0.2) is 4.98 Å². The predicted octanol–water partition coefficient (Wildman–Crippen LogP) is 2.95. The zero-order chi connectivity index (χ0) is 8.72. The highest BCUT2D eigenvalue weighted by Gasteiger charge is 2.04. The molecule has 2 rings (SSSR count). The molecule has 1 aromatic carbocycles. The third-order valence-electron chi connectivity index (χ3n) is 1.61. The number of anilines is 1. The van der Waals surface area contributed by atoms with E-state index in [0.29, 0.717) is 5.13 Å². The molecule has 0 atom stereocenters. The standard InChI is InChI=1S/C8H7BrN2S/c1-4-2-5(9)7-6(3-4)11-8(10)12-7/h2-3H,1H3,(H2,10,11). The molecule has 62 valence electrons. The molecule has 0 aliphatic carbocycles. The number of hydrogen-bond acceptors (Lipinski definition) is 3. The van der Waals surface area contributed by atoms with E-state index in [2.05, 4.69) is 27.0 Å². The van der Waals surface area contributed by atoms with E-state index >= 15 is 0 Å². The summed E-state index contributed by atoms with van der Waals surface area (Å²) in [5, 5.41) is 0.622. The highest BCUT2D eigenvalue weighted by atomic mass is 79.9. The van der Waals surface area contributed by atoms with Crippen LogP contribution < -0.4 is 5.73 Å². The van der Waals surface area contributed by atoms with Gasteiger partial charge >= 0.3 is 0 Å². The van der Waals surface area contributed by atoms with Gasteiger partial charge in [-0.25, -0.2) is 4.98 Å². The number of halogens is 1. The highest BCUT2D eigenvalue weighted by molar-refractivity contribution is 9.10. The van der Waals surface area contributed by atoms with Crippen molar-refractivity contribution in [2.75, 3.05) is 5.73 Å². The minimum atomic E-state index is 0.622. The SMILES string of the molecule is Cc1cc(Br)c2sc(N)nc2c1. The lowest BCUT2D eigenvalue weighted by atomic mass is 10.2. The molecule has 0 bridgehead atoms. The van der Waals surface area contributed by atoms with Gasteiger partial charge in [0.1, 0.15) is 0 Å². The van der Waals surface area contributed by atoms with Gasteiger partial charge in [0.15, 0.2) is 5.13 Å². The van der Waals surface area contributed by atoms with Gasteiger partial charge in [0.2, 0.25) is 0 Å². The maximum absolute atomic E-state index is 5.60. The van der Waals surface area contributed by atoms with E-state index in [1.165, 1.54) is 16.9 Å². The average molecular weight is 243 g/mol. The van der Waals surface area contributed by atoms with Crippen LogP contribution in [0, 0.1) is 6.92 Å². The minimum absolute atomic E-state index is 0.622. The largest absolute Gasteiger partial charge is 0.375 e. The smallest absolute Gasteiger partial charge is 0.181 e. The molecule has 0 fully saturated rings. The van der Waals surface area contributed by atoms with Gasteiger partial charge in [-0.15, -0.1) is 0 Å². The zero-order valence-electron chi connectivity index (χ0n) is 6.47.